The van der Waals surface area contributed by atoms with Crippen molar-refractivity contribution >= 4 is 11.8 Å². The smallest absolute Gasteiger partial charge is 0.185 e. The minimum absolute atomic E-state index is 0.320. The first-order valence-electron chi connectivity index (χ1n) is 6.12. The third-order valence-electron chi connectivity index (χ3n) is 2.58. The van der Waals surface area contributed by atoms with E-state index in [9.17, 15) is 5.26 Å². The zero-order valence-corrected chi connectivity index (χ0v) is 12.3. The average Bonchev–Trinajstić information content (AvgIpc) is 2.70. The number of nitrogens with one attached hydrogen (secondary N) is 1. The SMILES string of the molecule is CC(C)NC(C)(C#N)CCCSc1ncnn1C. The second kappa shape index (κ2) is 6.76. The molecule has 1 rings (SSSR count). The Kier molecular flexibility index (Phi) is 5.63. The molecule has 0 aromatic carbocycles. The predicted octanol–water partition coefficient (Wildman–Crippen LogP) is 1.97. The molecule has 0 saturated heterocycles. The molecule has 18 heavy (non-hydrogen) atoms. The Morgan fingerprint density at radius 2 is 2.33 bits per heavy atom. The van der Waals surface area contributed by atoms with Gasteiger partial charge in [0, 0.05) is 18.8 Å². The molecule has 5 nitrogen and oxygen atoms in total. The Labute approximate surface area is 113 Å². The topological polar surface area (TPSA) is 66.5 Å². The quantitative estimate of drug-likeness (QED) is 0.604. The summed E-state index contributed by atoms with van der Waals surface area (Å²) in [5, 5.41) is 17.5. The van der Waals surface area contributed by atoms with Gasteiger partial charge in [-0.3, -0.25) is 5.32 Å². The van der Waals surface area contributed by atoms with Crippen molar-refractivity contribution in [3.63, 3.8) is 0 Å². The summed E-state index contributed by atoms with van der Waals surface area (Å²) in [6.45, 7) is 6.08. The lowest BCUT2D eigenvalue weighted by Crippen LogP contribution is -2.44. The summed E-state index contributed by atoms with van der Waals surface area (Å²) in [4.78, 5) is 4.15. The molecule has 1 unspecified atom stereocenters. The molecule has 1 aromatic rings. The number of nitrogens with zero attached hydrogens (tertiary/aromatic N) is 4. The van der Waals surface area contributed by atoms with Gasteiger partial charge in [0.2, 0.25) is 0 Å². The first-order valence-corrected chi connectivity index (χ1v) is 7.11. The summed E-state index contributed by atoms with van der Waals surface area (Å²) in [5.74, 6) is 0.948. The van der Waals surface area contributed by atoms with Crippen LogP contribution in [0, 0.1) is 11.3 Å². The number of hydrogen-bond donors (Lipinski definition) is 1. The van der Waals surface area contributed by atoms with Gasteiger partial charge in [0.25, 0.3) is 0 Å². The van der Waals surface area contributed by atoms with Crippen LogP contribution in [0.1, 0.15) is 33.6 Å². The van der Waals surface area contributed by atoms with E-state index in [2.05, 4.69) is 35.3 Å². The van der Waals surface area contributed by atoms with Gasteiger partial charge in [0.15, 0.2) is 5.16 Å². The molecule has 0 bridgehead atoms. The number of rotatable bonds is 7. The minimum Gasteiger partial charge on any atom is -0.297 e. The molecule has 1 atom stereocenters. The normalized spacial score (nSPS) is 14.4. The molecule has 0 fully saturated rings. The lowest BCUT2D eigenvalue weighted by molar-refractivity contribution is 0.380. The molecular weight excluding hydrogens is 246 g/mol. The van der Waals surface area contributed by atoms with Crippen molar-refractivity contribution in [2.45, 2.75) is 50.4 Å². The lowest BCUT2D eigenvalue weighted by Gasteiger charge is -2.25. The van der Waals surface area contributed by atoms with Crippen molar-refractivity contribution in [1.29, 1.82) is 5.26 Å². The highest BCUT2D eigenvalue weighted by Gasteiger charge is 2.23. The van der Waals surface area contributed by atoms with Gasteiger partial charge in [0.1, 0.15) is 11.9 Å². The zero-order valence-electron chi connectivity index (χ0n) is 11.5. The maximum Gasteiger partial charge on any atom is 0.185 e. The molecule has 0 saturated carbocycles. The first-order chi connectivity index (χ1) is 8.47. The minimum atomic E-state index is -0.436. The zero-order chi connectivity index (χ0) is 13.6. The second-order valence-corrected chi connectivity index (χ2v) is 5.92. The molecule has 0 aliphatic carbocycles. The third kappa shape index (κ3) is 4.67. The molecule has 1 N–H and O–H groups in total. The lowest BCUT2D eigenvalue weighted by atomic mass is 9.97. The molecule has 0 aliphatic heterocycles. The van der Waals surface area contributed by atoms with E-state index in [1.165, 1.54) is 0 Å². The van der Waals surface area contributed by atoms with E-state index in [1.807, 2.05) is 14.0 Å². The van der Waals surface area contributed by atoms with Crippen LogP contribution in [-0.2, 0) is 7.05 Å². The maximum absolute atomic E-state index is 9.22. The fourth-order valence-electron chi connectivity index (χ4n) is 1.80. The van der Waals surface area contributed by atoms with E-state index < -0.39 is 5.54 Å². The molecule has 100 valence electrons. The molecule has 0 amide bonds. The van der Waals surface area contributed by atoms with Gasteiger partial charge < -0.3 is 0 Å². The van der Waals surface area contributed by atoms with Crippen LogP contribution in [0.2, 0.25) is 0 Å². The van der Waals surface area contributed by atoms with Gasteiger partial charge >= 0.3 is 0 Å². The van der Waals surface area contributed by atoms with E-state index in [4.69, 9.17) is 0 Å². The average molecular weight is 267 g/mol. The van der Waals surface area contributed by atoms with Crippen molar-refractivity contribution in [3.8, 4) is 6.07 Å². The summed E-state index contributed by atoms with van der Waals surface area (Å²) < 4.78 is 1.76. The van der Waals surface area contributed by atoms with Gasteiger partial charge in [-0.25, -0.2) is 9.67 Å². The summed E-state index contributed by atoms with van der Waals surface area (Å²) in [6, 6.07) is 2.68. The molecule has 0 radical (unpaired) electrons. The summed E-state index contributed by atoms with van der Waals surface area (Å²) in [5.41, 5.74) is -0.436. The highest BCUT2D eigenvalue weighted by atomic mass is 32.2. The van der Waals surface area contributed by atoms with Crippen LogP contribution in [0.4, 0.5) is 0 Å². The van der Waals surface area contributed by atoms with Crippen LogP contribution in [0.25, 0.3) is 0 Å². The van der Waals surface area contributed by atoms with Crippen molar-refractivity contribution in [2.75, 3.05) is 5.75 Å². The summed E-state index contributed by atoms with van der Waals surface area (Å²) in [7, 11) is 1.88. The van der Waals surface area contributed by atoms with Crippen molar-refractivity contribution in [3.05, 3.63) is 6.33 Å². The van der Waals surface area contributed by atoms with Crippen LogP contribution in [0.15, 0.2) is 11.5 Å². The maximum atomic E-state index is 9.22. The number of thioether (sulfide) groups is 1. The molecule has 6 heteroatoms. The van der Waals surface area contributed by atoms with Crippen LogP contribution >= 0.6 is 11.8 Å². The van der Waals surface area contributed by atoms with Gasteiger partial charge in [-0.2, -0.15) is 10.4 Å². The van der Waals surface area contributed by atoms with E-state index in [1.54, 1.807) is 22.8 Å². The van der Waals surface area contributed by atoms with Gasteiger partial charge in [0.05, 0.1) is 6.07 Å². The van der Waals surface area contributed by atoms with Gasteiger partial charge in [-0.1, -0.05) is 11.8 Å². The van der Waals surface area contributed by atoms with Crippen LogP contribution in [0.3, 0.4) is 0 Å². The molecule has 0 spiro atoms. The van der Waals surface area contributed by atoms with Crippen molar-refractivity contribution < 1.29 is 0 Å². The third-order valence-corrected chi connectivity index (χ3v) is 3.70. The standard InChI is InChI=1S/C12H21N5S/c1-10(2)16-12(3,8-13)6-5-7-18-11-14-9-15-17(11)4/h9-10,16H,5-7H2,1-4H3. The highest BCUT2D eigenvalue weighted by Crippen LogP contribution is 2.19. The molecule has 1 aromatic heterocycles. The fourth-order valence-corrected chi connectivity index (χ4v) is 2.63. The van der Waals surface area contributed by atoms with Gasteiger partial charge in [-0.15, -0.1) is 0 Å². The van der Waals surface area contributed by atoms with E-state index in [-0.39, 0.29) is 0 Å². The first kappa shape index (κ1) is 15.0. The highest BCUT2D eigenvalue weighted by molar-refractivity contribution is 7.99. The Morgan fingerprint density at radius 1 is 1.61 bits per heavy atom. The number of aromatic nitrogens is 3. The Bertz CT molecular complexity index is 409. The second-order valence-electron chi connectivity index (χ2n) is 4.86. The summed E-state index contributed by atoms with van der Waals surface area (Å²) in [6.07, 6.45) is 3.37. The van der Waals surface area contributed by atoms with Crippen LogP contribution in [-0.4, -0.2) is 32.1 Å². The van der Waals surface area contributed by atoms with E-state index in [0.29, 0.717) is 6.04 Å². The molecule has 0 aliphatic rings. The van der Waals surface area contributed by atoms with E-state index >= 15 is 0 Å². The number of hydrogen-bond acceptors (Lipinski definition) is 5. The molecule has 1 heterocycles. The number of aryl methyl sites for hydroxylation is 1. The van der Waals surface area contributed by atoms with Crippen LogP contribution in [0.5, 0.6) is 0 Å². The van der Waals surface area contributed by atoms with Crippen molar-refractivity contribution in [2.24, 2.45) is 7.05 Å². The monoisotopic (exact) mass is 267 g/mol. The van der Waals surface area contributed by atoms with Gasteiger partial charge in [-0.05, 0) is 33.6 Å². The Balaban J connectivity index is 2.32. The largest absolute Gasteiger partial charge is 0.297 e. The number of nitriles is 1. The van der Waals surface area contributed by atoms with E-state index in [0.717, 1.165) is 23.8 Å². The Morgan fingerprint density at radius 3 is 2.83 bits per heavy atom. The van der Waals surface area contributed by atoms with Crippen molar-refractivity contribution in [1.82, 2.24) is 20.1 Å². The predicted molar refractivity (Wildman–Crippen MR) is 73.3 cm³/mol. The van der Waals surface area contributed by atoms with Crippen LogP contribution < -0.4 is 5.32 Å². The fraction of sp³-hybridized carbons (Fsp3) is 0.750. The molecular formula is C12H21N5S. The summed E-state index contributed by atoms with van der Waals surface area (Å²) >= 11 is 1.68. The Hall–Kier alpha value is -1.06.